The van der Waals surface area contributed by atoms with Crippen LogP contribution in [0.3, 0.4) is 0 Å². The number of carbonyl (C=O) groups excluding carboxylic acids is 1. The summed E-state index contributed by atoms with van der Waals surface area (Å²) in [5, 5.41) is 6.54. The third-order valence-electron chi connectivity index (χ3n) is 3.24. The Morgan fingerprint density at radius 2 is 2.50 bits per heavy atom. The number of H-pyrrole nitrogens is 1. The number of nitrogens with zero attached hydrogens (tertiary/aromatic N) is 2. The van der Waals surface area contributed by atoms with Crippen molar-refractivity contribution in [2.75, 3.05) is 5.32 Å². The molecule has 0 fully saturated rings. The molecule has 1 aliphatic rings. The second-order valence-electron chi connectivity index (χ2n) is 4.58. The lowest BCUT2D eigenvalue weighted by atomic mass is 9.89. The average Bonchev–Trinajstić information content (AvgIpc) is 2.96. The summed E-state index contributed by atoms with van der Waals surface area (Å²) in [5.74, 6) is 1.12. The van der Waals surface area contributed by atoms with Crippen LogP contribution in [0.25, 0.3) is 0 Å². The monoisotopic (exact) mass is 246 g/mol. The molecule has 0 radical (unpaired) electrons. The van der Waals surface area contributed by atoms with Gasteiger partial charge in [-0.25, -0.2) is 4.98 Å². The van der Waals surface area contributed by atoms with E-state index in [1.165, 1.54) is 0 Å². The van der Waals surface area contributed by atoms with Crippen LogP contribution in [0.4, 0.5) is 5.82 Å². The van der Waals surface area contributed by atoms with Crippen LogP contribution < -0.4 is 5.32 Å². The van der Waals surface area contributed by atoms with Crippen molar-refractivity contribution >= 4 is 11.7 Å². The second kappa shape index (κ2) is 4.29. The van der Waals surface area contributed by atoms with Crippen LogP contribution in [0.5, 0.6) is 0 Å². The molecule has 2 aromatic rings. The molecule has 6 nitrogen and oxygen atoms in total. The second-order valence-corrected chi connectivity index (χ2v) is 4.58. The Morgan fingerprint density at radius 3 is 3.28 bits per heavy atom. The van der Waals surface area contributed by atoms with Crippen molar-refractivity contribution in [3.8, 4) is 0 Å². The molecule has 1 atom stereocenters. The molecule has 0 bridgehead atoms. The Kier molecular flexibility index (Phi) is 2.62. The van der Waals surface area contributed by atoms with Crippen LogP contribution in [0.1, 0.15) is 23.6 Å². The van der Waals surface area contributed by atoms with Gasteiger partial charge in [-0.15, -0.1) is 0 Å². The third kappa shape index (κ3) is 2.01. The van der Waals surface area contributed by atoms with Crippen LogP contribution in [-0.4, -0.2) is 21.0 Å². The first-order valence-corrected chi connectivity index (χ1v) is 5.97. The van der Waals surface area contributed by atoms with Gasteiger partial charge in [0.2, 0.25) is 5.91 Å². The zero-order valence-corrected chi connectivity index (χ0v) is 10.1. The molecule has 2 N–H and O–H groups in total. The average molecular weight is 246 g/mol. The van der Waals surface area contributed by atoms with Gasteiger partial charge >= 0.3 is 0 Å². The highest BCUT2D eigenvalue weighted by molar-refractivity contribution is 5.91. The quantitative estimate of drug-likeness (QED) is 0.840. The van der Waals surface area contributed by atoms with E-state index in [0.29, 0.717) is 18.0 Å². The van der Waals surface area contributed by atoms with E-state index in [1.807, 2.05) is 0 Å². The highest BCUT2D eigenvalue weighted by atomic mass is 16.5. The minimum Gasteiger partial charge on any atom is -0.360 e. The van der Waals surface area contributed by atoms with Gasteiger partial charge in [-0.05, 0) is 19.8 Å². The molecular weight excluding hydrogens is 232 g/mol. The Hall–Kier alpha value is -2.11. The molecule has 2 aromatic heterocycles. The highest BCUT2D eigenvalue weighted by Crippen LogP contribution is 2.24. The molecule has 1 amide bonds. The Morgan fingerprint density at radius 1 is 1.61 bits per heavy atom. The molecule has 0 unspecified atom stereocenters. The lowest BCUT2D eigenvalue weighted by molar-refractivity contribution is -0.120. The normalized spacial score (nSPS) is 18.4. The number of amides is 1. The maximum absolute atomic E-state index is 12.1. The van der Waals surface area contributed by atoms with Crippen LogP contribution in [-0.2, 0) is 17.6 Å². The van der Waals surface area contributed by atoms with Crippen LogP contribution in [0.2, 0.25) is 0 Å². The number of rotatable bonds is 2. The maximum Gasteiger partial charge on any atom is 0.229 e. The molecule has 94 valence electrons. The van der Waals surface area contributed by atoms with E-state index in [0.717, 1.165) is 24.2 Å². The highest BCUT2D eigenvalue weighted by Gasteiger charge is 2.26. The molecule has 6 heteroatoms. The molecule has 0 aliphatic heterocycles. The van der Waals surface area contributed by atoms with Crippen LogP contribution >= 0.6 is 0 Å². The number of hydrogen-bond donors (Lipinski definition) is 2. The Labute approximate surface area is 104 Å². The first-order valence-electron chi connectivity index (χ1n) is 5.97. The van der Waals surface area contributed by atoms with E-state index in [2.05, 4.69) is 20.4 Å². The Bertz CT molecular complexity index is 572. The SMILES string of the molecule is Cc1cc(NC(=O)[C@@H]2CCc3nc[nH]c3C2)no1. The molecule has 0 aromatic carbocycles. The van der Waals surface area contributed by atoms with Crippen molar-refractivity contribution in [2.45, 2.75) is 26.2 Å². The molecular formula is C12H14N4O2. The minimum atomic E-state index is -0.0324. The fourth-order valence-corrected chi connectivity index (χ4v) is 2.28. The number of fused-ring (bicyclic) bond motifs is 1. The third-order valence-corrected chi connectivity index (χ3v) is 3.24. The summed E-state index contributed by atoms with van der Waals surface area (Å²) in [7, 11) is 0. The zero-order chi connectivity index (χ0) is 12.5. The molecule has 0 saturated carbocycles. The molecule has 3 rings (SSSR count). The van der Waals surface area contributed by atoms with Crippen LogP contribution in [0, 0.1) is 12.8 Å². The predicted octanol–water partition coefficient (Wildman–Crippen LogP) is 1.45. The molecule has 18 heavy (non-hydrogen) atoms. The van der Waals surface area contributed by atoms with Gasteiger partial charge in [-0.2, -0.15) is 0 Å². The lowest BCUT2D eigenvalue weighted by Gasteiger charge is -2.19. The summed E-state index contributed by atoms with van der Waals surface area (Å²) in [6, 6.07) is 1.71. The lowest BCUT2D eigenvalue weighted by Crippen LogP contribution is -2.28. The number of anilines is 1. The number of carbonyl (C=O) groups is 1. The van der Waals surface area contributed by atoms with Gasteiger partial charge in [0.25, 0.3) is 0 Å². The van der Waals surface area contributed by atoms with Crippen LogP contribution in [0.15, 0.2) is 16.9 Å². The zero-order valence-electron chi connectivity index (χ0n) is 10.1. The van der Waals surface area contributed by atoms with Crippen molar-refractivity contribution in [1.29, 1.82) is 0 Å². The first-order chi connectivity index (χ1) is 8.72. The molecule has 2 heterocycles. The van der Waals surface area contributed by atoms with E-state index in [-0.39, 0.29) is 11.8 Å². The van der Waals surface area contributed by atoms with Gasteiger partial charge in [0, 0.05) is 24.1 Å². The van der Waals surface area contributed by atoms with E-state index in [1.54, 1.807) is 19.3 Å². The van der Waals surface area contributed by atoms with Gasteiger partial charge in [-0.3, -0.25) is 4.79 Å². The summed E-state index contributed by atoms with van der Waals surface area (Å²) >= 11 is 0. The van der Waals surface area contributed by atoms with Gasteiger partial charge in [0.15, 0.2) is 5.82 Å². The predicted molar refractivity (Wildman–Crippen MR) is 64.0 cm³/mol. The Balaban J connectivity index is 1.67. The number of aromatic amines is 1. The minimum absolute atomic E-state index is 0.0106. The summed E-state index contributed by atoms with van der Waals surface area (Å²) in [5.41, 5.74) is 2.15. The van der Waals surface area contributed by atoms with Gasteiger partial charge in [-0.1, -0.05) is 5.16 Å². The first kappa shape index (κ1) is 11.0. The largest absolute Gasteiger partial charge is 0.360 e. The van der Waals surface area contributed by atoms with Crippen molar-refractivity contribution in [3.63, 3.8) is 0 Å². The van der Waals surface area contributed by atoms with Crippen molar-refractivity contribution in [1.82, 2.24) is 15.1 Å². The summed E-state index contributed by atoms with van der Waals surface area (Å²) in [6.45, 7) is 1.79. The smallest absolute Gasteiger partial charge is 0.229 e. The molecule has 1 aliphatic carbocycles. The number of nitrogens with one attached hydrogen (secondary N) is 2. The molecule has 0 saturated heterocycles. The van der Waals surface area contributed by atoms with E-state index in [4.69, 9.17) is 4.52 Å². The number of hydrogen-bond acceptors (Lipinski definition) is 4. The van der Waals surface area contributed by atoms with Gasteiger partial charge < -0.3 is 14.8 Å². The van der Waals surface area contributed by atoms with E-state index < -0.39 is 0 Å². The molecule has 0 spiro atoms. The summed E-state index contributed by atoms with van der Waals surface area (Å²) < 4.78 is 4.92. The van der Waals surface area contributed by atoms with Crippen molar-refractivity contribution in [2.24, 2.45) is 5.92 Å². The summed E-state index contributed by atoms with van der Waals surface area (Å²) in [6.07, 6.45) is 4.05. The number of aromatic nitrogens is 3. The number of imidazole rings is 1. The van der Waals surface area contributed by atoms with Crippen molar-refractivity contribution in [3.05, 3.63) is 29.5 Å². The fraction of sp³-hybridized carbons (Fsp3) is 0.417. The fourth-order valence-electron chi connectivity index (χ4n) is 2.28. The topological polar surface area (TPSA) is 83.8 Å². The summed E-state index contributed by atoms with van der Waals surface area (Å²) in [4.78, 5) is 19.4. The standard InChI is InChI=1S/C12H14N4O2/c1-7-4-11(16-18-7)15-12(17)8-2-3-9-10(5-8)14-6-13-9/h4,6,8H,2-3,5H2,1H3,(H,13,14)(H,15,16,17)/t8-/m1/s1. The van der Waals surface area contributed by atoms with Gasteiger partial charge in [0.05, 0.1) is 12.0 Å². The van der Waals surface area contributed by atoms with Crippen molar-refractivity contribution < 1.29 is 9.32 Å². The maximum atomic E-state index is 12.1. The van der Waals surface area contributed by atoms with E-state index >= 15 is 0 Å². The van der Waals surface area contributed by atoms with E-state index in [9.17, 15) is 4.79 Å². The number of aryl methyl sites for hydroxylation is 2. The van der Waals surface area contributed by atoms with Gasteiger partial charge in [0.1, 0.15) is 5.76 Å².